The minimum Gasteiger partial charge on any atom is -0.379 e. The normalized spacial score (nSPS) is 15.4. The number of ether oxygens (including phenoxy) is 1. The maximum Gasteiger partial charge on any atom is 0.290 e. The first-order chi connectivity index (χ1) is 13.3. The van der Waals surface area contributed by atoms with Crippen molar-refractivity contribution in [3.8, 4) is 0 Å². The van der Waals surface area contributed by atoms with Gasteiger partial charge in [-0.3, -0.25) is 4.79 Å². The Labute approximate surface area is 166 Å². The fourth-order valence-electron chi connectivity index (χ4n) is 3.10. The summed E-state index contributed by atoms with van der Waals surface area (Å²) in [6, 6.07) is 8.72. The number of aryl methyl sites for hydroxylation is 2. The topological polar surface area (TPSA) is 79.6 Å². The maximum atomic E-state index is 12.9. The van der Waals surface area contributed by atoms with Crippen LogP contribution in [0.25, 0.3) is 0 Å². The van der Waals surface area contributed by atoms with Gasteiger partial charge in [0.05, 0.1) is 18.1 Å². The fraction of sp³-hybridized carbons (Fsp3) is 0.400. The summed E-state index contributed by atoms with van der Waals surface area (Å²) in [5.41, 5.74) is 3.42. The Bertz CT molecular complexity index is 983. The fourth-order valence-corrected chi connectivity index (χ4v) is 4.53. The van der Waals surface area contributed by atoms with Crippen molar-refractivity contribution >= 4 is 21.6 Å². The Kier molecular flexibility index (Phi) is 6.12. The zero-order valence-electron chi connectivity index (χ0n) is 16.4. The average Bonchev–Trinajstić information content (AvgIpc) is 2.68. The van der Waals surface area contributed by atoms with Crippen LogP contribution in [0.1, 0.15) is 16.8 Å². The van der Waals surface area contributed by atoms with Crippen molar-refractivity contribution in [1.29, 1.82) is 0 Å². The third-order valence-electron chi connectivity index (χ3n) is 5.02. The number of hydrogen-bond acceptors (Lipinski definition) is 4. The summed E-state index contributed by atoms with van der Waals surface area (Å²) in [6.07, 6.45) is 1.86. The van der Waals surface area contributed by atoms with Crippen LogP contribution >= 0.6 is 0 Å². The first-order valence-electron chi connectivity index (χ1n) is 9.23. The average molecular weight is 405 g/mol. The van der Waals surface area contributed by atoms with Gasteiger partial charge in [0.15, 0.2) is 11.9 Å². The van der Waals surface area contributed by atoms with E-state index in [2.05, 4.69) is 5.32 Å². The number of carbonyl (C=O) groups is 1. The molecule has 1 aromatic heterocycles. The first kappa shape index (κ1) is 20.4. The van der Waals surface area contributed by atoms with E-state index >= 15 is 0 Å². The van der Waals surface area contributed by atoms with Crippen LogP contribution in [-0.4, -0.2) is 44.9 Å². The van der Waals surface area contributed by atoms with Gasteiger partial charge in [0.25, 0.3) is 5.91 Å². The Morgan fingerprint density at radius 3 is 2.57 bits per heavy atom. The molecule has 2 aromatic rings. The molecule has 1 aliphatic heterocycles. The van der Waals surface area contributed by atoms with Crippen LogP contribution in [0.15, 0.2) is 41.4 Å². The molecule has 1 fully saturated rings. The Balaban J connectivity index is 1.79. The van der Waals surface area contributed by atoms with Crippen LogP contribution in [0.5, 0.6) is 0 Å². The second kappa shape index (κ2) is 8.38. The predicted molar refractivity (Wildman–Crippen MR) is 105 cm³/mol. The number of sulfonamides is 1. The van der Waals surface area contributed by atoms with Gasteiger partial charge >= 0.3 is 0 Å². The minimum atomic E-state index is -3.61. The van der Waals surface area contributed by atoms with E-state index in [9.17, 15) is 13.2 Å². The van der Waals surface area contributed by atoms with Crippen molar-refractivity contribution < 1.29 is 22.5 Å². The van der Waals surface area contributed by atoms with Gasteiger partial charge in [0.1, 0.15) is 0 Å². The van der Waals surface area contributed by atoms with E-state index in [0.717, 1.165) is 16.8 Å². The Morgan fingerprint density at radius 2 is 1.86 bits per heavy atom. The van der Waals surface area contributed by atoms with Crippen LogP contribution < -0.4 is 9.88 Å². The lowest BCUT2D eigenvalue weighted by Crippen LogP contribution is -2.43. The molecule has 1 amide bonds. The van der Waals surface area contributed by atoms with Gasteiger partial charge in [0, 0.05) is 37.3 Å². The van der Waals surface area contributed by atoms with Crippen LogP contribution in [0.3, 0.4) is 0 Å². The van der Waals surface area contributed by atoms with Crippen molar-refractivity contribution in [1.82, 2.24) is 4.31 Å². The van der Waals surface area contributed by atoms with Crippen LogP contribution in [0.2, 0.25) is 0 Å². The molecule has 0 atom stereocenters. The lowest BCUT2D eigenvalue weighted by molar-refractivity contribution is -0.690. The van der Waals surface area contributed by atoms with E-state index in [1.54, 1.807) is 12.1 Å². The van der Waals surface area contributed by atoms with Gasteiger partial charge < -0.3 is 10.1 Å². The molecule has 0 aliphatic carbocycles. The monoisotopic (exact) mass is 404 g/mol. The molecule has 1 aliphatic rings. The zero-order chi connectivity index (χ0) is 20.3. The molecule has 28 heavy (non-hydrogen) atoms. The summed E-state index contributed by atoms with van der Waals surface area (Å²) in [6.45, 7) is 7.41. The minimum absolute atomic E-state index is 0.160. The van der Waals surface area contributed by atoms with Crippen molar-refractivity contribution in [2.75, 3.05) is 31.6 Å². The summed E-state index contributed by atoms with van der Waals surface area (Å²) >= 11 is 0. The molecule has 0 spiro atoms. The van der Waals surface area contributed by atoms with E-state index in [4.69, 9.17) is 4.74 Å². The van der Waals surface area contributed by atoms with Gasteiger partial charge in [-0.05, 0) is 37.6 Å². The number of nitrogens with zero attached hydrogens (tertiary/aromatic N) is 2. The summed E-state index contributed by atoms with van der Waals surface area (Å²) in [5, 5.41) is 2.85. The molecule has 1 N–H and O–H groups in total. The molecule has 3 rings (SSSR count). The number of anilines is 1. The molecule has 0 saturated carbocycles. The van der Waals surface area contributed by atoms with Crippen LogP contribution in [0, 0.1) is 20.8 Å². The molecule has 7 nitrogen and oxygen atoms in total. The standard InChI is InChI=1S/C20H25N3O4S/c1-15-5-4-8-22(17(15)3)14-20(24)21-19-13-18(7-6-16(19)2)28(25,26)23-9-11-27-12-10-23/h4-8,13H,9-12,14H2,1-3H3/p+1. The second-order valence-corrected chi connectivity index (χ2v) is 8.88. The Hall–Kier alpha value is -2.29. The highest BCUT2D eigenvalue weighted by Crippen LogP contribution is 2.23. The quantitative estimate of drug-likeness (QED) is 0.767. The number of rotatable bonds is 5. The number of carbonyl (C=O) groups excluding carboxylic acids is 1. The molecule has 2 heterocycles. The third-order valence-corrected chi connectivity index (χ3v) is 6.91. The number of hydrogen-bond donors (Lipinski definition) is 1. The van der Waals surface area contributed by atoms with Crippen molar-refractivity contribution in [3.05, 3.63) is 53.3 Å². The largest absolute Gasteiger partial charge is 0.379 e. The summed E-state index contributed by atoms with van der Waals surface area (Å²) in [5.74, 6) is -0.206. The van der Waals surface area contributed by atoms with Gasteiger partial charge in [-0.25, -0.2) is 8.42 Å². The lowest BCUT2D eigenvalue weighted by atomic mass is 10.2. The molecule has 0 bridgehead atoms. The van der Waals surface area contributed by atoms with Crippen LogP contribution in [0.4, 0.5) is 5.69 Å². The highest BCUT2D eigenvalue weighted by Gasteiger charge is 2.27. The second-order valence-electron chi connectivity index (χ2n) is 6.95. The van der Waals surface area contributed by atoms with Gasteiger partial charge in [0.2, 0.25) is 16.6 Å². The summed E-state index contributed by atoms with van der Waals surface area (Å²) in [7, 11) is -3.61. The van der Waals surface area contributed by atoms with Crippen molar-refractivity contribution in [2.24, 2.45) is 0 Å². The molecule has 0 radical (unpaired) electrons. The van der Waals surface area contributed by atoms with Crippen molar-refractivity contribution in [3.63, 3.8) is 0 Å². The van der Waals surface area contributed by atoms with Crippen molar-refractivity contribution in [2.45, 2.75) is 32.2 Å². The van der Waals surface area contributed by atoms with Gasteiger partial charge in [-0.2, -0.15) is 8.87 Å². The van der Waals surface area contributed by atoms with E-state index in [-0.39, 0.29) is 17.3 Å². The Morgan fingerprint density at radius 1 is 1.14 bits per heavy atom. The predicted octanol–water partition coefficient (Wildman–Crippen LogP) is 1.56. The number of amides is 1. The summed E-state index contributed by atoms with van der Waals surface area (Å²) < 4.78 is 34.2. The van der Waals surface area contributed by atoms with Crippen LogP contribution in [-0.2, 0) is 26.1 Å². The number of morpholine rings is 1. The van der Waals surface area contributed by atoms with E-state index in [1.807, 2.05) is 43.7 Å². The molecule has 150 valence electrons. The first-order valence-corrected chi connectivity index (χ1v) is 10.7. The zero-order valence-corrected chi connectivity index (χ0v) is 17.3. The van der Waals surface area contributed by atoms with Gasteiger partial charge in [-0.1, -0.05) is 6.07 Å². The lowest BCUT2D eigenvalue weighted by Gasteiger charge is -2.26. The van der Waals surface area contributed by atoms with E-state index in [1.165, 1.54) is 10.4 Å². The number of pyridine rings is 1. The number of aromatic nitrogens is 1. The number of benzene rings is 1. The maximum absolute atomic E-state index is 12.9. The molecule has 1 saturated heterocycles. The molecular formula is C20H26N3O4S+. The highest BCUT2D eigenvalue weighted by atomic mass is 32.2. The SMILES string of the molecule is Cc1ccc(S(=O)(=O)N2CCOCC2)cc1NC(=O)C[n+]1cccc(C)c1C. The summed E-state index contributed by atoms with van der Waals surface area (Å²) in [4.78, 5) is 12.7. The highest BCUT2D eigenvalue weighted by molar-refractivity contribution is 7.89. The molecular weight excluding hydrogens is 378 g/mol. The molecule has 1 aromatic carbocycles. The van der Waals surface area contributed by atoms with E-state index in [0.29, 0.717) is 32.0 Å². The smallest absolute Gasteiger partial charge is 0.290 e. The third kappa shape index (κ3) is 4.40. The van der Waals surface area contributed by atoms with E-state index < -0.39 is 10.0 Å². The molecule has 0 unspecified atom stereocenters. The van der Waals surface area contributed by atoms with Gasteiger partial charge in [-0.15, -0.1) is 0 Å². The molecule has 8 heteroatoms. The number of nitrogens with one attached hydrogen (secondary N) is 1.